The number of carbonyl (C=O) groups excluding carboxylic acids is 2. The van der Waals surface area contributed by atoms with Crippen molar-refractivity contribution in [3.8, 4) is 17.0 Å². The maximum absolute atomic E-state index is 13.3. The number of nitrogens with zero attached hydrogens (tertiary/aromatic N) is 2. The minimum absolute atomic E-state index is 0.263. The normalized spacial score (nSPS) is 11.9. The summed E-state index contributed by atoms with van der Waals surface area (Å²) in [5, 5.41) is 5.55. The first-order valence-electron chi connectivity index (χ1n) is 11.0. The van der Waals surface area contributed by atoms with Crippen LogP contribution < -0.4 is 15.4 Å². The van der Waals surface area contributed by atoms with Crippen molar-refractivity contribution in [2.75, 3.05) is 12.4 Å². The van der Waals surface area contributed by atoms with Gasteiger partial charge in [-0.05, 0) is 57.0 Å². The summed E-state index contributed by atoms with van der Waals surface area (Å²) >= 11 is 0. The Hall–Kier alpha value is -3.94. The molecule has 3 aromatic rings. The van der Waals surface area contributed by atoms with E-state index in [2.05, 4.69) is 20.6 Å². The minimum Gasteiger partial charge on any atom is -0.480 e. The van der Waals surface area contributed by atoms with Gasteiger partial charge in [-0.3, -0.25) is 9.78 Å². The average molecular weight is 463 g/mol. The van der Waals surface area contributed by atoms with Gasteiger partial charge in [0.25, 0.3) is 0 Å². The highest BCUT2D eigenvalue weighted by atomic mass is 16.6. The second kappa shape index (κ2) is 10.8. The Balaban J connectivity index is 1.87. The average Bonchev–Trinajstić information content (AvgIpc) is 2.78. The Labute approximate surface area is 199 Å². The monoisotopic (exact) mass is 462 g/mol. The van der Waals surface area contributed by atoms with E-state index in [9.17, 15) is 9.59 Å². The summed E-state index contributed by atoms with van der Waals surface area (Å²) in [5.41, 5.74) is 3.16. The maximum Gasteiger partial charge on any atom is 0.408 e. The van der Waals surface area contributed by atoms with Crippen LogP contribution in [0.1, 0.15) is 32.0 Å². The molecule has 0 spiro atoms. The SMILES string of the molecule is COc1ncc(-c2ccnc(C)c2)cc1NC(=O)[C@H](Cc1ccccc1)NC(=O)OC(C)(C)C. The lowest BCUT2D eigenvalue weighted by atomic mass is 10.0. The fourth-order valence-corrected chi connectivity index (χ4v) is 3.32. The zero-order valence-corrected chi connectivity index (χ0v) is 20.1. The molecule has 34 heavy (non-hydrogen) atoms. The number of benzene rings is 1. The van der Waals surface area contributed by atoms with E-state index in [0.29, 0.717) is 5.69 Å². The van der Waals surface area contributed by atoms with Gasteiger partial charge in [-0.15, -0.1) is 0 Å². The largest absolute Gasteiger partial charge is 0.480 e. The molecule has 0 saturated carbocycles. The van der Waals surface area contributed by atoms with Gasteiger partial charge in [0.2, 0.25) is 11.8 Å². The quantitative estimate of drug-likeness (QED) is 0.535. The highest BCUT2D eigenvalue weighted by Gasteiger charge is 2.26. The highest BCUT2D eigenvalue weighted by Crippen LogP contribution is 2.28. The number of aromatic nitrogens is 2. The third-order valence-corrected chi connectivity index (χ3v) is 4.82. The van der Waals surface area contributed by atoms with Gasteiger partial charge in [-0.2, -0.15) is 0 Å². The van der Waals surface area contributed by atoms with Crippen molar-refractivity contribution >= 4 is 17.7 Å². The van der Waals surface area contributed by atoms with Gasteiger partial charge < -0.3 is 20.1 Å². The number of amides is 2. The van der Waals surface area contributed by atoms with E-state index >= 15 is 0 Å². The lowest BCUT2D eigenvalue weighted by Gasteiger charge is -2.23. The molecule has 1 atom stereocenters. The zero-order valence-electron chi connectivity index (χ0n) is 20.1. The fraction of sp³-hybridized carbons (Fsp3) is 0.308. The Morgan fingerprint density at radius 1 is 1.03 bits per heavy atom. The number of aryl methyl sites for hydroxylation is 1. The van der Waals surface area contributed by atoms with Crippen LogP contribution in [0.4, 0.5) is 10.5 Å². The topological polar surface area (TPSA) is 102 Å². The van der Waals surface area contributed by atoms with Gasteiger partial charge in [-0.1, -0.05) is 30.3 Å². The first-order valence-corrected chi connectivity index (χ1v) is 11.0. The first kappa shape index (κ1) is 24.7. The molecule has 0 fully saturated rings. The molecule has 0 radical (unpaired) electrons. The van der Waals surface area contributed by atoms with Crippen molar-refractivity contribution in [1.29, 1.82) is 0 Å². The first-order chi connectivity index (χ1) is 16.1. The smallest absolute Gasteiger partial charge is 0.408 e. The van der Waals surface area contributed by atoms with Gasteiger partial charge >= 0.3 is 6.09 Å². The van der Waals surface area contributed by atoms with E-state index in [1.54, 1.807) is 39.2 Å². The Morgan fingerprint density at radius 2 is 1.76 bits per heavy atom. The van der Waals surface area contributed by atoms with Crippen LogP contribution in [0.15, 0.2) is 60.9 Å². The van der Waals surface area contributed by atoms with Crippen LogP contribution in [0.3, 0.4) is 0 Å². The van der Waals surface area contributed by atoms with Gasteiger partial charge in [0.15, 0.2) is 0 Å². The molecule has 0 unspecified atom stereocenters. The number of methoxy groups -OCH3 is 1. The van der Waals surface area contributed by atoms with Gasteiger partial charge in [0.1, 0.15) is 17.3 Å². The standard InChI is InChI=1S/C26H30N4O4/c1-17-13-19(11-12-27-17)20-15-22(24(33-5)28-16-20)29-23(31)21(14-18-9-7-6-8-10-18)30-25(32)34-26(2,3)4/h6-13,15-16,21H,14H2,1-5H3,(H,29,31)(H,30,32)/t21-/m0/s1. The van der Waals surface area contributed by atoms with Crippen LogP contribution in [0, 0.1) is 6.92 Å². The molecule has 8 heteroatoms. The fourth-order valence-electron chi connectivity index (χ4n) is 3.32. The number of hydrogen-bond acceptors (Lipinski definition) is 6. The van der Waals surface area contributed by atoms with E-state index in [-0.39, 0.29) is 12.3 Å². The molecule has 178 valence electrons. The van der Waals surface area contributed by atoms with E-state index in [4.69, 9.17) is 9.47 Å². The molecular weight excluding hydrogens is 432 g/mol. The zero-order chi connectivity index (χ0) is 24.7. The number of carbonyl (C=O) groups is 2. The lowest BCUT2D eigenvalue weighted by Crippen LogP contribution is -2.47. The number of anilines is 1. The van der Waals surface area contributed by atoms with Crippen LogP contribution in [0.5, 0.6) is 5.88 Å². The molecule has 0 aliphatic heterocycles. The van der Waals surface area contributed by atoms with Crippen molar-refractivity contribution in [2.45, 2.75) is 45.8 Å². The number of ether oxygens (including phenoxy) is 2. The molecule has 2 N–H and O–H groups in total. The van der Waals surface area contributed by atoms with Gasteiger partial charge in [0.05, 0.1) is 7.11 Å². The molecule has 2 amide bonds. The van der Waals surface area contributed by atoms with Crippen LogP contribution in [0.2, 0.25) is 0 Å². The summed E-state index contributed by atoms with van der Waals surface area (Å²) in [5.74, 6) is -0.156. The second-order valence-electron chi connectivity index (χ2n) is 8.84. The summed E-state index contributed by atoms with van der Waals surface area (Å²) in [6, 6.07) is 14.1. The molecule has 0 saturated heterocycles. The lowest BCUT2D eigenvalue weighted by molar-refractivity contribution is -0.118. The van der Waals surface area contributed by atoms with Crippen molar-refractivity contribution < 1.29 is 19.1 Å². The van der Waals surface area contributed by atoms with Crippen molar-refractivity contribution in [3.05, 3.63) is 72.2 Å². The van der Waals surface area contributed by atoms with Crippen LogP contribution in [-0.2, 0) is 16.0 Å². The number of rotatable bonds is 7. The Kier molecular flexibility index (Phi) is 7.83. The molecule has 3 rings (SSSR count). The number of alkyl carbamates (subject to hydrolysis) is 1. The molecule has 0 bridgehead atoms. The summed E-state index contributed by atoms with van der Waals surface area (Å²) < 4.78 is 10.7. The molecule has 1 aromatic carbocycles. The highest BCUT2D eigenvalue weighted by molar-refractivity contribution is 5.98. The molecule has 0 aliphatic carbocycles. The summed E-state index contributed by atoms with van der Waals surface area (Å²) in [6.45, 7) is 7.20. The second-order valence-corrected chi connectivity index (χ2v) is 8.84. The summed E-state index contributed by atoms with van der Waals surface area (Å²) in [7, 11) is 1.48. The van der Waals surface area contributed by atoms with E-state index in [0.717, 1.165) is 22.4 Å². The number of hydrogen-bond donors (Lipinski definition) is 2. The third kappa shape index (κ3) is 7.03. The molecule has 0 aliphatic rings. The van der Waals surface area contributed by atoms with Crippen molar-refractivity contribution in [1.82, 2.24) is 15.3 Å². The van der Waals surface area contributed by atoms with E-state index in [1.165, 1.54) is 7.11 Å². The minimum atomic E-state index is -0.881. The molecular formula is C26H30N4O4. The Bertz CT molecular complexity index is 1140. The molecule has 8 nitrogen and oxygen atoms in total. The summed E-state index contributed by atoms with van der Waals surface area (Å²) in [4.78, 5) is 34.3. The van der Waals surface area contributed by atoms with Crippen LogP contribution in [-0.4, -0.2) is 40.7 Å². The number of pyridine rings is 2. The van der Waals surface area contributed by atoms with Gasteiger partial charge in [0, 0.05) is 30.1 Å². The molecule has 2 heterocycles. The predicted octanol–water partition coefficient (Wildman–Crippen LogP) is 4.54. The predicted molar refractivity (Wildman–Crippen MR) is 131 cm³/mol. The third-order valence-electron chi connectivity index (χ3n) is 4.82. The van der Waals surface area contributed by atoms with Crippen LogP contribution in [0.25, 0.3) is 11.1 Å². The Morgan fingerprint density at radius 3 is 2.41 bits per heavy atom. The van der Waals surface area contributed by atoms with E-state index in [1.807, 2.05) is 49.4 Å². The van der Waals surface area contributed by atoms with E-state index < -0.39 is 23.6 Å². The van der Waals surface area contributed by atoms with Gasteiger partial charge in [-0.25, -0.2) is 9.78 Å². The maximum atomic E-state index is 13.3. The van der Waals surface area contributed by atoms with Crippen LogP contribution >= 0.6 is 0 Å². The van der Waals surface area contributed by atoms with Crippen molar-refractivity contribution in [2.24, 2.45) is 0 Å². The van der Waals surface area contributed by atoms with Crippen molar-refractivity contribution in [3.63, 3.8) is 0 Å². The summed E-state index contributed by atoms with van der Waals surface area (Å²) in [6.07, 6.45) is 3.00. The molecule has 2 aromatic heterocycles. The number of nitrogens with one attached hydrogen (secondary N) is 2.